The van der Waals surface area contributed by atoms with Crippen LogP contribution in [0.3, 0.4) is 0 Å². The molecule has 0 saturated carbocycles. The van der Waals surface area contributed by atoms with Crippen LogP contribution in [0.25, 0.3) is 0 Å². The van der Waals surface area contributed by atoms with E-state index in [9.17, 15) is 9.00 Å². The normalized spacial score (nSPS) is 28.8. The van der Waals surface area contributed by atoms with Gasteiger partial charge in [0, 0.05) is 0 Å². The van der Waals surface area contributed by atoms with Crippen molar-refractivity contribution >= 4 is 17.3 Å². The van der Waals surface area contributed by atoms with Crippen molar-refractivity contribution in [2.45, 2.75) is 32.5 Å². The second-order valence-corrected chi connectivity index (χ2v) is 4.44. The molecule has 1 heterocycles. The summed E-state index contributed by atoms with van der Waals surface area (Å²) in [5, 5.41) is 0. The third-order valence-electron chi connectivity index (χ3n) is 1.18. The summed E-state index contributed by atoms with van der Waals surface area (Å²) in [6.45, 7) is 5.23. The van der Waals surface area contributed by atoms with Gasteiger partial charge in [0.15, 0.2) is 6.10 Å². The highest BCUT2D eigenvalue weighted by Gasteiger charge is 2.33. The minimum Gasteiger partial charge on any atom is -0.458 e. The minimum absolute atomic E-state index is 0.0124. The molecule has 0 aromatic heterocycles. The number of rotatable bonds is 1. The van der Waals surface area contributed by atoms with Crippen LogP contribution in [0.2, 0.25) is 0 Å². The first-order chi connectivity index (χ1) is 5.88. The Balaban J connectivity index is 2.45. The van der Waals surface area contributed by atoms with Gasteiger partial charge < -0.3 is 4.74 Å². The molecule has 76 valence electrons. The average Bonchev–Trinajstić information content (AvgIpc) is 2.31. The van der Waals surface area contributed by atoms with E-state index in [1.807, 2.05) is 0 Å². The topological polar surface area (TPSA) is 61.8 Å². The van der Waals surface area contributed by atoms with E-state index in [2.05, 4.69) is 8.37 Å². The van der Waals surface area contributed by atoms with Gasteiger partial charge in [0.2, 0.25) is 0 Å². The van der Waals surface area contributed by atoms with Gasteiger partial charge in [-0.1, -0.05) is 0 Å². The monoisotopic (exact) mass is 208 g/mol. The van der Waals surface area contributed by atoms with Crippen molar-refractivity contribution < 1.29 is 22.1 Å². The average molecular weight is 208 g/mol. The van der Waals surface area contributed by atoms with E-state index in [0.717, 1.165) is 0 Å². The Morgan fingerprint density at radius 2 is 2.15 bits per heavy atom. The molecule has 0 bridgehead atoms. The molecule has 6 heteroatoms. The SMILES string of the molecule is CC(C)(C)OC(=O)C1COS(=O)O1. The maximum absolute atomic E-state index is 11.2. The molecule has 5 nitrogen and oxygen atoms in total. The van der Waals surface area contributed by atoms with Crippen molar-refractivity contribution in [2.24, 2.45) is 0 Å². The Morgan fingerprint density at radius 1 is 1.54 bits per heavy atom. The number of carbonyl (C=O) groups excluding carboxylic acids is 1. The summed E-state index contributed by atoms with van der Waals surface area (Å²) in [6, 6.07) is 0. The standard InChI is InChI=1S/C7H12O5S/c1-7(2,3)11-6(8)5-4-10-13(9)12-5/h5H,4H2,1-3H3. The fraction of sp³-hybridized carbons (Fsp3) is 0.857. The number of carbonyl (C=O) groups is 1. The largest absolute Gasteiger partial charge is 0.458 e. The molecule has 0 amide bonds. The Hall–Kier alpha value is -0.460. The van der Waals surface area contributed by atoms with Crippen LogP contribution in [0.15, 0.2) is 0 Å². The van der Waals surface area contributed by atoms with E-state index in [1.54, 1.807) is 20.8 Å². The van der Waals surface area contributed by atoms with Gasteiger partial charge in [0.05, 0.1) is 0 Å². The van der Waals surface area contributed by atoms with Gasteiger partial charge in [0.1, 0.15) is 12.2 Å². The zero-order chi connectivity index (χ0) is 10.1. The number of esters is 1. The van der Waals surface area contributed by atoms with Crippen molar-refractivity contribution in [2.75, 3.05) is 6.61 Å². The molecule has 0 N–H and O–H groups in total. The zero-order valence-electron chi connectivity index (χ0n) is 7.73. The molecule has 0 aromatic rings. The highest BCUT2D eigenvalue weighted by Crippen LogP contribution is 2.14. The van der Waals surface area contributed by atoms with Crippen LogP contribution in [0, 0.1) is 0 Å². The van der Waals surface area contributed by atoms with Crippen LogP contribution < -0.4 is 0 Å². The predicted molar refractivity (Wildman–Crippen MR) is 44.8 cm³/mol. The smallest absolute Gasteiger partial charge is 0.339 e. The summed E-state index contributed by atoms with van der Waals surface area (Å²) in [5.41, 5.74) is -0.565. The van der Waals surface area contributed by atoms with Crippen LogP contribution in [0.4, 0.5) is 0 Å². The second-order valence-electron chi connectivity index (χ2n) is 3.61. The summed E-state index contributed by atoms with van der Waals surface area (Å²) in [6.07, 6.45) is -0.861. The van der Waals surface area contributed by atoms with Crippen molar-refractivity contribution in [3.05, 3.63) is 0 Å². The van der Waals surface area contributed by atoms with Crippen molar-refractivity contribution in [3.8, 4) is 0 Å². The van der Waals surface area contributed by atoms with E-state index >= 15 is 0 Å². The minimum atomic E-state index is -1.80. The van der Waals surface area contributed by atoms with Gasteiger partial charge in [-0.05, 0) is 20.8 Å². The maximum atomic E-state index is 11.2. The van der Waals surface area contributed by atoms with Gasteiger partial charge in [-0.3, -0.25) is 8.37 Å². The number of hydrogen-bond donors (Lipinski definition) is 0. The molecule has 2 atom stereocenters. The number of hydrogen-bond acceptors (Lipinski definition) is 5. The van der Waals surface area contributed by atoms with Crippen molar-refractivity contribution in [1.29, 1.82) is 0 Å². The molecule has 1 aliphatic heterocycles. The van der Waals surface area contributed by atoms with Crippen LogP contribution >= 0.6 is 0 Å². The first kappa shape index (κ1) is 10.6. The zero-order valence-corrected chi connectivity index (χ0v) is 8.55. The summed E-state index contributed by atoms with van der Waals surface area (Å²) < 4.78 is 24.8. The molecule has 1 rings (SSSR count). The first-order valence-corrected chi connectivity index (χ1v) is 4.83. The van der Waals surface area contributed by atoms with E-state index < -0.39 is 29.0 Å². The third-order valence-corrected chi connectivity index (χ3v) is 1.90. The lowest BCUT2D eigenvalue weighted by molar-refractivity contribution is -0.162. The van der Waals surface area contributed by atoms with Gasteiger partial charge in [-0.15, -0.1) is 0 Å². The molecule has 0 radical (unpaired) electrons. The van der Waals surface area contributed by atoms with Gasteiger partial charge in [-0.2, -0.15) is 4.21 Å². The Kier molecular flexibility index (Phi) is 3.05. The number of ether oxygens (including phenoxy) is 1. The van der Waals surface area contributed by atoms with E-state index in [1.165, 1.54) is 0 Å². The molecular formula is C7H12O5S. The Bertz CT molecular complexity index is 232. The molecular weight excluding hydrogens is 196 g/mol. The maximum Gasteiger partial charge on any atom is 0.339 e. The Labute approximate surface area is 79.2 Å². The van der Waals surface area contributed by atoms with Crippen LogP contribution in [0.1, 0.15) is 20.8 Å². The van der Waals surface area contributed by atoms with Gasteiger partial charge in [-0.25, -0.2) is 4.79 Å². The molecule has 0 spiro atoms. The quantitative estimate of drug-likeness (QED) is 0.581. The highest BCUT2D eigenvalue weighted by atomic mass is 32.2. The van der Waals surface area contributed by atoms with Gasteiger partial charge >= 0.3 is 17.3 Å². The van der Waals surface area contributed by atoms with Crippen molar-refractivity contribution in [1.82, 2.24) is 0 Å². The summed E-state index contributed by atoms with van der Waals surface area (Å²) in [4.78, 5) is 11.2. The van der Waals surface area contributed by atoms with Crippen LogP contribution in [-0.2, 0) is 29.3 Å². The van der Waals surface area contributed by atoms with E-state index in [0.29, 0.717) is 0 Å². The molecule has 0 aromatic carbocycles. The fourth-order valence-corrected chi connectivity index (χ4v) is 1.36. The van der Waals surface area contributed by atoms with E-state index in [4.69, 9.17) is 4.74 Å². The van der Waals surface area contributed by atoms with E-state index in [-0.39, 0.29) is 6.61 Å². The lowest BCUT2D eigenvalue weighted by Gasteiger charge is -2.20. The third kappa shape index (κ3) is 3.41. The molecule has 1 aliphatic rings. The molecule has 0 aliphatic carbocycles. The predicted octanol–water partition coefficient (Wildman–Crippen LogP) is 0.322. The van der Waals surface area contributed by atoms with Gasteiger partial charge in [0.25, 0.3) is 0 Å². The molecule has 13 heavy (non-hydrogen) atoms. The summed E-state index contributed by atoms with van der Waals surface area (Å²) >= 11 is -1.80. The van der Waals surface area contributed by atoms with Crippen LogP contribution in [0.5, 0.6) is 0 Å². The lowest BCUT2D eigenvalue weighted by Crippen LogP contribution is -2.32. The highest BCUT2D eigenvalue weighted by molar-refractivity contribution is 7.75. The molecule has 1 fully saturated rings. The second kappa shape index (κ2) is 3.73. The molecule has 2 unspecified atom stereocenters. The summed E-state index contributed by atoms with van der Waals surface area (Å²) in [5.74, 6) is -0.543. The summed E-state index contributed by atoms with van der Waals surface area (Å²) in [7, 11) is 0. The Morgan fingerprint density at radius 3 is 2.54 bits per heavy atom. The molecule has 1 saturated heterocycles. The first-order valence-electron chi connectivity index (χ1n) is 3.83. The van der Waals surface area contributed by atoms with Crippen molar-refractivity contribution in [3.63, 3.8) is 0 Å². The van der Waals surface area contributed by atoms with Crippen LogP contribution in [-0.4, -0.2) is 28.5 Å². The fourth-order valence-electron chi connectivity index (χ4n) is 0.743. The lowest BCUT2D eigenvalue weighted by atomic mass is 10.2.